The quantitative estimate of drug-likeness (QED) is 0.224. The van der Waals surface area contributed by atoms with Gasteiger partial charge in [0.05, 0.1) is 5.09 Å². The molecule has 0 aliphatic carbocycles. The van der Waals surface area contributed by atoms with Crippen molar-refractivity contribution in [2.45, 2.75) is 6.92 Å². The van der Waals surface area contributed by atoms with Gasteiger partial charge in [0.25, 0.3) is 0 Å². The monoisotopic (exact) mass is 202 g/mol. The predicted molar refractivity (Wildman–Crippen MR) is 21.0 cm³/mol. The maximum atomic E-state index is 8.89. The van der Waals surface area contributed by atoms with Crippen LogP contribution in [0.25, 0.3) is 0 Å². The van der Waals surface area contributed by atoms with Crippen molar-refractivity contribution >= 4 is 5.97 Å². The van der Waals surface area contributed by atoms with Gasteiger partial charge in [0.15, 0.2) is 0 Å². The van der Waals surface area contributed by atoms with E-state index in [-0.39, 0.29) is 46.0 Å². The molecule has 0 saturated carbocycles. The Kier molecular flexibility index (Phi) is 36.1. The van der Waals surface area contributed by atoms with Crippen LogP contribution in [0.5, 0.6) is 0 Å². The van der Waals surface area contributed by atoms with Gasteiger partial charge in [0, 0.05) is 5.97 Å². The second kappa shape index (κ2) is 16.1. The number of nitrogens with zero attached hydrogens (tertiary/aromatic N) is 1. The summed E-state index contributed by atoms with van der Waals surface area (Å²) in [5, 5.41) is 23.6. The van der Waals surface area contributed by atoms with E-state index in [2.05, 4.69) is 0 Å². The Labute approximate surface area is 88.9 Å². The van der Waals surface area contributed by atoms with E-state index < -0.39 is 11.1 Å². The van der Waals surface area contributed by atoms with Crippen molar-refractivity contribution in [1.29, 1.82) is 0 Å². The molecule has 0 aromatic rings. The molecule has 0 saturated heterocycles. The molecule has 0 rings (SSSR count). The molecule has 0 bridgehead atoms. The molecule has 0 unspecified atom stereocenters. The summed E-state index contributed by atoms with van der Waals surface area (Å²) in [5.74, 6) is -1.08. The molecule has 0 spiro atoms. The van der Waals surface area contributed by atoms with Gasteiger partial charge in [-0.3, -0.25) is 0 Å². The van der Waals surface area contributed by atoms with Gasteiger partial charge < -0.3 is 25.2 Å². The molecule has 56 valence electrons. The number of aliphatic carboxylic acids is 1. The minimum absolute atomic E-state index is 0. The first-order chi connectivity index (χ1) is 3.46. The molecule has 6 nitrogen and oxygen atoms in total. The van der Waals surface area contributed by atoms with Crippen molar-refractivity contribution in [2.75, 3.05) is 0 Å². The molecule has 10 heavy (non-hydrogen) atoms. The number of rotatable bonds is 0. The van der Waals surface area contributed by atoms with Gasteiger partial charge in [0.1, 0.15) is 0 Å². The summed E-state index contributed by atoms with van der Waals surface area (Å²) in [6.07, 6.45) is 0. The molecule has 0 fully saturated rings. The number of hydrogen-bond donors (Lipinski definition) is 0. The summed E-state index contributed by atoms with van der Waals surface area (Å²) in [6, 6.07) is 0. The van der Waals surface area contributed by atoms with Gasteiger partial charge >= 0.3 is 46.0 Å². The fraction of sp³-hybridized carbons (Fsp3) is 0.500. The Hall–Kier alpha value is 0.164. The number of carbonyl (C=O) groups is 1. The first-order valence-corrected chi connectivity index (χ1v) is 1.46. The molecular weight excluding hydrogens is 200 g/mol. The van der Waals surface area contributed by atoms with Crippen molar-refractivity contribution in [3.63, 3.8) is 0 Å². The summed E-state index contributed by atoms with van der Waals surface area (Å²) < 4.78 is 0. The summed E-state index contributed by atoms with van der Waals surface area (Å²) in [5.41, 5.74) is 0. The van der Waals surface area contributed by atoms with E-state index >= 15 is 0 Å². The van der Waals surface area contributed by atoms with Crippen LogP contribution in [0.4, 0.5) is 0 Å². The van der Waals surface area contributed by atoms with Gasteiger partial charge in [-0.25, -0.2) is 0 Å². The third kappa shape index (κ3) is 15700. The standard InChI is InChI=1S/C2H4O2.NO3.Na.Ni/c1-2(3)4;2-1(3)4;;/h1H3,(H,3,4);;;/q;-1;+1;+2/p-1. The molecule has 0 atom stereocenters. The fourth-order valence-corrected chi connectivity index (χ4v) is 0. The van der Waals surface area contributed by atoms with Crippen molar-refractivity contribution < 1.29 is 61.0 Å². The second-order valence-corrected chi connectivity index (χ2v) is 0.715. The Morgan fingerprint density at radius 3 is 1.40 bits per heavy atom. The third-order valence-electron chi connectivity index (χ3n) is 0. The van der Waals surface area contributed by atoms with Crippen LogP contribution in [0.2, 0.25) is 0 Å². The zero-order valence-electron chi connectivity index (χ0n) is 5.30. The van der Waals surface area contributed by atoms with Crippen LogP contribution in [-0.4, -0.2) is 11.1 Å². The molecule has 8 heteroatoms. The average Bonchev–Trinajstić information content (AvgIpc) is 1.25. The van der Waals surface area contributed by atoms with Gasteiger partial charge in [0.2, 0.25) is 0 Å². The van der Waals surface area contributed by atoms with Gasteiger partial charge in [-0.15, -0.1) is 0 Å². The molecule has 0 amide bonds. The Morgan fingerprint density at radius 1 is 1.40 bits per heavy atom. The van der Waals surface area contributed by atoms with E-state index in [4.69, 9.17) is 25.2 Å². The smallest absolute Gasteiger partial charge is 0.550 e. The zero-order chi connectivity index (χ0) is 7.15. The molecule has 0 N–H and O–H groups in total. The summed E-state index contributed by atoms with van der Waals surface area (Å²) in [7, 11) is 0. The summed E-state index contributed by atoms with van der Waals surface area (Å²) in [6.45, 7) is 0.972. The zero-order valence-corrected chi connectivity index (χ0v) is 8.29. The fourth-order valence-electron chi connectivity index (χ4n) is 0. The maximum absolute atomic E-state index is 8.89. The van der Waals surface area contributed by atoms with Crippen LogP contribution in [0, 0.1) is 15.3 Å². The average molecular weight is 203 g/mol. The van der Waals surface area contributed by atoms with Gasteiger partial charge in [-0.1, -0.05) is 0 Å². The van der Waals surface area contributed by atoms with E-state index in [0.717, 1.165) is 6.92 Å². The van der Waals surface area contributed by atoms with E-state index in [9.17, 15) is 0 Å². The van der Waals surface area contributed by atoms with Crippen LogP contribution >= 0.6 is 0 Å². The molecule has 0 aromatic carbocycles. The summed E-state index contributed by atoms with van der Waals surface area (Å²) >= 11 is 0. The molecule has 0 aliphatic rings. The first kappa shape index (κ1) is 22.5. The molecular formula is C2H3NNaNiO5+. The molecule has 0 heterocycles. The van der Waals surface area contributed by atoms with Gasteiger partial charge in [-0.05, 0) is 6.92 Å². The number of carboxylic acids is 1. The maximum Gasteiger partial charge on any atom is 2.00 e. The number of carboxylic acid groups (broad SMARTS) is 1. The normalized spacial score (nSPS) is 4.90. The van der Waals surface area contributed by atoms with E-state index in [1.54, 1.807) is 0 Å². The van der Waals surface area contributed by atoms with Crippen LogP contribution in [0.15, 0.2) is 0 Å². The topological polar surface area (TPSA) is 106 Å². The second-order valence-electron chi connectivity index (χ2n) is 0.715. The third-order valence-corrected chi connectivity index (χ3v) is 0. The Bertz CT molecular complexity index is 77.6. The SMILES string of the molecule is CC(=O)[O-].O=[N+]([O-])[O-].[Na+].[Ni+2]. The van der Waals surface area contributed by atoms with E-state index in [1.807, 2.05) is 0 Å². The largest absolute Gasteiger partial charge is 2.00 e. The predicted octanol–water partition coefficient (Wildman–Crippen LogP) is -4.48. The van der Waals surface area contributed by atoms with Crippen LogP contribution < -0.4 is 34.7 Å². The van der Waals surface area contributed by atoms with Crippen LogP contribution in [0.3, 0.4) is 0 Å². The summed E-state index contributed by atoms with van der Waals surface area (Å²) in [4.78, 5) is 17.1. The minimum Gasteiger partial charge on any atom is -0.550 e. The van der Waals surface area contributed by atoms with E-state index in [0.29, 0.717) is 0 Å². The molecule has 0 aliphatic heterocycles. The van der Waals surface area contributed by atoms with Gasteiger partial charge in [-0.2, -0.15) is 0 Å². The van der Waals surface area contributed by atoms with Crippen LogP contribution in [0.1, 0.15) is 6.92 Å². The van der Waals surface area contributed by atoms with Crippen molar-refractivity contribution in [1.82, 2.24) is 0 Å². The first-order valence-electron chi connectivity index (χ1n) is 1.46. The Balaban J connectivity index is -0.0000000300. The van der Waals surface area contributed by atoms with Crippen molar-refractivity contribution in [3.05, 3.63) is 15.3 Å². The minimum atomic E-state index is -1.75. The number of hydrogen-bond acceptors (Lipinski definition) is 5. The Morgan fingerprint density at radius 2 is 1.40 bits per heavy atom. The van der Waals surface area contributed by atoms with Crippen LogP contribution in [-0.2, 0) is 21.3 Å². The van der Waals surface area contributed by atoms with Crippen molar-refractivity contribution in [2.24, 2.45) is 0 Å². The van der Waals surface area contributed by atoms with Crippen molar-refractivity contribution in [3.8, 4) is 0 Å². The van der Waals surface area contributed by atoms with E-state index in [1.165, 1.54) is 0 Å². The molecule has 0 aromatic heterocycles. The number of carbonyl (C=O) groups excluding carboxylic acids is 1. The molecule has 0 radical (unpaired) electrons.